The summed E-state index contributed by atoms with van der Waals surface area (Å²) in [4.78, 5) is 0. The maximum Gasteiger partial charge on any atom is 0.200 e. The molecule has 0 atom stereocenters. The topological polar surface area (TPSA) is 67.2 Å². The van der Waals surface area contributed by atoms with E-state index in [1.54, 1.807) is 0 Å². The van der Waals surface area contributed by atoms with E-state index in [2.05, 4.69) is 58.5 Å². The molecule has 2 aromatic heterocycles. The quantitative estimate of drug-likeness (QED) is 0.320. The van der Waals surface area contributed by atoms with Crippen molar-refractivity contribution < 1.29 is 0 Å². The van der Waals surface area contributed by atoms with Crippen molar-refractivity contribution in [2.45, 2.75) is 13.8 Å². The average Bonchev–Trinajstić information content (AvgIpc) is 3.38. The van der Waals surface area contributed by atoms with Crippen LogP contribution >= 0.6 is 24.4 Å². The molecule has 0 radical (unpaired) electrons. The zero-order chi connectivity index (χ0) is 22.2. The number of aryl methyl sites for hydroxylation is 2. The SMILES string of the molecule is Cc1ccc(-n2c(-c3ccc(-c4n[nH]c(=S)n4-c4ccc(C)cc4)cc3)n[nH]c2=S)cc1. The fraction of sp³-hybridized carbons (Fsp3) is 0.0833. The lowest BCUT2D eigenvalue weighted by Crippen LogP contribution is -1.99. The Morgan fingerprint density at radius 1 is 0.562 bits per heavy atom. The van der Waals surface area contributed by atoms with E-state index in [0.29, 0.717) is 9.54 Å². The molecule has 8 heteroatoms. The zero-order valence-corrected chi connectivity index (χ0v) is 19.2. The van der Waals surface area contributed by atoms with Gasteiger partial charge in [-0.2, -0.15) is 10.2 Å². The summed E-state index contributed by atoms with van der Waals surface area (Å²) in [6.07, 6.45) is 0. The molecule has 3 aromatic carbocycles. The number of aromatic amines is 2. The van der Waals surface area contributed by atoms with Crippen molar-refractivity contribution in [3.8, 4) is 34.2 Å². The molecule has 5 aromatic rings. The monoisotopic (exact) mass is 456 g/mol. The van der Waals surface area contributed by atoms with Crippen LogP contribution in [0.3, 0.4) is 0 Å². The van der Waals surface area contributed by atoms with E-state index in [1.807, 2.05) is 57.7 Å². The highest BCUT2D eigenvalue weighted by molar-refractivity contribution is 7.71. The van der Waals surface area contributed by atoms with Gasteiger partial charge in [0.2, 0.25) is 0 Å². The first-order valence-corrected chi connectivity index (χ1v) is 10.9. The number of benzene rings is 3. The van der Waals surface area contributed by atoms with Crippen LogP contribution in [0.4, 0.5) is 0 Å². The summed E-state index contributed by atoms with van der Waals surface area (Å²) >= 11 is 11.0. The molecule has 0 aliphatic rings. The summed E-state index contributed by atoms with van der Waals surface area (Å²) in [6, 6.07) is 24.5. The van der Waals surface area contributed by atoms with Crippen LogP contribution < -0.4 is 0 Å². The summed E-state index contributed by atoms with van der Waals surface area (Å²) in [5, 5.41) is 14.8. The number of hydrogen-bond acceptors (Lipinski definition) is 4. The van der Waals surface area contributed by atoms with Gasteiger partial charge in [-0.3, -0.25) is 19.3 Å². The number of nitrogens with zero attached hydrogens (tertiary/aromatic N) is 4. The van der Waals surface area contributed by atoms with E-state index in [9.17, 15) is 0 Å². The summed E-state index contributed by atoms with van der Waals surface area (Å²) in [7, 11) is 0. The lowest BCUT2D eigenvalue weighted by atomic mass is 10.1. The van der Waals surface area contributed by atoms with Gasteiger partial charge in [0.25, 0.3) is 0 Å². The highest BCUT2D eigenvalue weighted by atomic mass is 32.1. The van der Waals surface area contributed by atoms with E-state index in [0.717, 1.165) is 34.2 Å². The van der Waals surface area contributed by atoms with Gasteiger partial charge in [-0.15, -0.1) is 0 Å². The number of aromatic nitrogens is 6. The van der Waals surface area contributed by atoms with E-state index in [4.69, 9.17) is 24.4 Å². The molecule has 32 heavy (non-hydrogen) atoms. The van der Waals surface area contributed by atoms with Crippen molar-refractivity contribution in [2.24, 2.45) is 0 Å². The average molecular weight is 457 g/mol. The molecule has 0 fully saturated rings. The van der Waals surface area contributed by atoms with E-state index in [1.165, 1.54) is 11.1 Å². The molecule has 0 aliphatic heterocycles. The Morgan fingerprint density at radius 2 is 0.906 bits per heavy atom. The molecule has 0 bridgehead atoms. The molecular weight excluding hydrogens is 436 g/mol. The second kappa shape index (κ2) is 8.14. The minimum atomic E-state index is 0.549. The molecule has 158 valence electrons. The van der Waals surface area contributed by atoms with Gasteiger partial charge in [-0.25, -0.2) is 0 Å². The standard InChI is InChI=1S/C24H20N6S2/c1-15-3-11-19(12-4-15)29-21(25-27-23(29)31)17-7-9-18(10-8-17)22-26-28-24(32)30(22)20-13-5-16(2)6-14-20/h3-14H,1-2H3,(H,27,31)(H,28,32). The van der Waals surface area contributed by atoms with Crippen LogP contribution in [0, 0.1) is 23.4 Å². The Morgan fingerprint density at radius 3 is 1.25 bits per heavy atom. The van der Waals surface area contributed by atoms with Crippen LogP contribution in [-0.2, 0) is 0 Å². The number of nitrogens with one attached hydrogen (secondary N) is 2. The van der Waals surface area contributed by atoms with Gasteiger partial charge >= 0.3 is 0 Å². The Balaban J connectivity index is 1.55. The van der Waals surface area contributed by atoms with Crippen LogP contribution in [0.25, 0.3) is 34.2 Å². The molecular formula is C24H20N6S2. The van der Waals surface area contributed by atoms with E-state index < -0.39 is 0 Å². The third-order valence-electron chi connectivity index (χ3n) is 5.33. The van der Waals surface area contributed by atoms with Gasteiger partial charge in [-0.1, -0.05) is 59.7 Å². The van der Waals surface area contributed by atoms with Crippen molar-refractivity contribution in [1.82, 2.24) is 29.5 Å². The fourth-order valence-electron chi connectivity index (χ4n) is 3.62. The first kappa shape index (κ1) is 20.3. The van der Waals surface area contributed by atoms with E-state index >= 15 is 0 Å². The Hall–Kier alpha value is -3.62. The van der Waals surface area contributed by atoms with Crippen LogP contribution in [0.15, 0.2) is 72.8 Å². The van der Waals surface area contributed by atoms with Gasteiger partial charge in [0.05, 0.1) is 0 Å². The zero-order valence-electron chi connectivity index (χ0n) is 17.5. The minimum absolute atomic E-state index is 0.549. The van der Waals surface area contributed by atoms with Crippen LogP contribution in [0.2, 0.25) is 0 Å². The molecule has 2 heterocycles. The predicted octanol–water partition coefficient (Wildman–Crippen LogP) is 6.12. The van der Waals surface area contributed by atoms with Crippen LogP contribution in [-0.4, -0.2) is 29.5 Å². The Bertz CT molecular complexity index is 1380. The van der Waals surface area contributed by atoms with Gasteiger partial charge in [0.1, 0.15) is 0 Å². The maximum absolute atomic E-state index is 5.49. The molecule has 0 spiro atoms. The van der Waals surface area contributed by atoms with Crippen molar-refractivity contribution in [3.05, 3.63) is 93.5 Å². The highest BCUT2D eigenvalue weighted by Crippen LogP contribution is 2.26. The van der Waals surface area contributed by atoms with Crippen molar-refractivity contribution in [3.63, 3.8) is 0 Å². The number of rotatable bonds is 4. The third kappa shape index (κ3) is 3.63. The largest absolute Gasteiger partial charge is 0.268 e. The van der Waals surface area contributed by atoms with Crippen LogP contribution in [0.1, 0.15) is 11.1 Å². The molecule has 5 rings (SSSR count). The first-order chi connectivity index (χ1) is 15.5. The van der Waals surface area contributed by atoms with Gasteiger partial charge in [-0.05, 0) is 62.5 Å². The fourth-order valence-corrected chi connectivity index (χ4v) is 4.09. The van der Waals surface area contributed by atoms with Crippen molar-refractivity contribution in [1.29, 1.82) is 0 Å². The number of H-pyrrole nitrogens is 2. The highest BCUT2D eigenvalue weighted by Gasteiger charge is 2.14. The van der Waals surface area contributed by atoms with Crippen LogP contribution in [0.5, 0.6) is 0 Å². The molecule has 2 N–H and O–H groups in total. The number of hydrogen-bond donors (Lipinski definition) is 2. The van der Waals surface area contributed by atoms with Gasteiger partial charge in [0, 0.05) is 22.5 Å². The minimum Gasteiger partial charge on any atom is -0.268 e. The molecule has 0 unspecified atom stereocenters. The summed E-state index contributed by atoms with van der Waals surface area (Å²) in [6.45, 7) is 4.12. The third-order valence-corrected chi connectivity index (χ3v) is 5.88. The predicted molar refractivity (Wildman–Crippen MR) is 131 cm³/mol. The second-order valence-electron chi connectivity index (χ2n) is 7.62. The Labute approximate surface area is 195 Å². The molecule has 0 saturated heterocycles. The summed E-state index contributed by atoms with van der Waals surface area (Å²) < 4.78 is 4.97. The lowest BCUT2D eigenvalue weighted by molar-refractivity contribution is 1.03. The van der Waals surface area contributed by atoms with E-state index in [-0.39, 0.29) is 0 Å². The molecule has 0 saturated carbocycles. The Kier molecular flexibility index (Phi) is 5.16. The maximum atomic E-state index is 5.49. The van der Waals surface area contributed by atoms with Gasteiger partial charge < -0.3 is 0 Å². The first-order valence-electron chi connectivity index (χ1n) is 10.1. The summed E-state index contributed by atoms with van der Waals surface area (Å²) in [5.41, 5.74) is 6.20. The molecule has 0 aliphatic carbocycles. The normalized spacial score (nSPS) is 11.1. The molecule has 6 nitrogen and oxygen atoms in total. The second-order valence-corrected chi connectivity index (χ2v) is 8.40. The molecule has 0 amide bonds. The summed E-state index contributed by atoms with van der Waals surface area (Å²) in [5.74, 6) is 1.51. The van der Waals surface area contributed by atoms with Crippen molar-refractivity contribution in [2.75, 3.05) is 0 Å². The van der Waals surface area contributed by atoms with Crippen molar-refractivity contribution >= 4 is 24.4 Å². The smallest absolute Gasteiger partial charge is 0.200 e. The lowest BCUT2D eigenvalue weighted by Gasteiger charge is -2.09. The van der Waals surface area contributed by atoms with Gasteiger partial charge in [0.15, 0.2) is 21.2 Å².